The van der Waals surface area contributed by atoms with Crippen molar-refractivity contribution in [3.63, 3.8) is 0 Å². The number of hydrogen-bond acceptors (Lipinski definition) is 2. The minimum Gasteiger partial charge on any atom is -0.404 e. The fourth-order valence-electron chi connectivity index (χ4n) is 2.13. The van der Waals surface area contributed by atoms with Crippen molar-refractivity contribution in [2.45, 2.75) is 20.3 Å². The zero-order valence-electron chi connectivity index (χ0n) is 11.7. The van der Waals surface area contributed by atoms with E-state index >= 15 is 0 Å². The summed E-state index contributed by atoms with van der Waals surface area (Å²) in [5.74, 6) is 0.501. The van der Waals surface area contributed by atoms with E-state index in [2.05, 4.69) is 63.0 Å². The molecule has 0 aliphatic heterocycles. The van der Waals surface area contributed by atoms with E-state index in [1.165, 1.54) is 21.9 Å². The van der Waals surface area contributed by atoms with Gasteiger partial charge in [-0.05, 0) is 53.2 Å². The van der Waals surface area contributed by atoms with Gasteiger partial charge in [-0.25, -0.2) is 0 Å². The van der Waals surface area contributed by atoms with E-state index in [1.54, 1.807) is 6.20 Å². The average molecular weight is 254 g/mol. The van der Waals surface area contributed by atoms with Crippen molar-refractivity contribution in [2.75, 3.05) is 0 Å². The lowest BCUT2D eigenvalue weighted by molar-refractivity contribution is 0.716. The molecule has 0 spiro atoms. The lowest BCUT2D eigenvalue weighted by Gasteiger charge is -2.14. The van der Waals surface area contributed by atoms with E-state index in [9.17, 15) is 0 Å². The van der Waals surface area contributed by atoms with Gasteiger partial charge in [-0.1, -0.05) is 50.2 Å². The molecule has 2 aromatic rings. The van der Waals surface area contributed by atoms with E-state index in [-0.39, 0.29) is 0 Å². The van der Waals surface area contributed by atoms with Gasteiger partial charge in [-0.3, -0.25) is 0 Å². The zero-order valence-corrected chi connectivity index (χ0v) is 11.7. The summed E-state index contributed by atoms with van der Waals surface area (Å²) in [5, 5.41) is 8.05. The molecule has 0 radical (unpaired) electrons. The highest BCUT2D eigenvalue weighted by Gasteiger charge is 2.09. The first-order chi connectivity index (χ1) is 9.26. The van der Waals surface area contributed by atoms with Gasteiger partial charge in [-0.2, -0.15) is 0 Å². The molecule has 0 aromatic heterocycles. The summed E-state index contributed by atoms with van der Waals surface area (Å²) >= 11 is 0. The maximum atomic E-state index is 5.76. The molecule has 1 unspecified atom stereocenters. The van der Waals surface area contributed by atoms with Crippen LogP contribution in [0.4, 0.5) is 0 Å². The molecule has 2 aromatic carbocycles. The van der Waals surface area contributed by atoms with Crippen molar-refractivity contribution in [1.29, 1.82) is 5.41 Å². The zero-order chi connectivity index (χ0) is 14.3. The van der Waals surface area contributed by atoms with Gasteiger partial charge in [0.25, 0.3) is 0 Å². The maximum Gasteiger partial charge on any atom is -0.00209 e. The Morgan fingerprint density at radius 3 is 2.42 bits per heavy atom. The Morgan fingerprint density at radius 2 is 1.84 bits per heavy atom. The molecule has 0 saturated carbocycles. The second-order valence-corrected chi connectivity index (χ2v) is 4.49. The van der Waals surface area contributed by atoms with Crippen LogP contribution in [0.3, 0.4) is 0 Å². The number of nitrogens with one attached hydrogen (secondary N) is 1. The monoisotopic (exact) mass is 254 g/mol. The van der Waals surface area contributed by atoms with Crippen molar-refractivity contribution >= 4 is 23.1 Å². The Balaban J connectivity index is 0.000000861. The molecule has 2 nitrogen and oxygen atoms in total. The number of benzene rings is 2. The van der Waals surface area contributed by atoms with Crippen LogP contribution in [0.1, 0.15) is 25.8 Å². The predicted molar refractivity (Wildman–Crippen MR) is 85.4 cm³/mol. The van der Waals surface area contributed by atoms with Crippen LogP contribution in [0.5, 0.6) is 0 Å². The fourth-order valence-corrected chi connectivity index (χ4v) is 2.13. The molecule has 0 heterocycles. The second kappa shape index (κ2) is 7.37. The predicted octanol–water partition coefficient (Wildman–Crippen LogP) is 4.45. The highest BCUT2D eigenvalue weighted by atomic mass is 14.5. The van der Waals surface area contributed by atoms with Crippen LogP contribution < -0.4 is 5.73 Å². The van der Waals surface area contributed by atoms with Crippen molar-refractivity contribution in [3.8, 4) is 0 Å². The molecule has 0 amide bonds. The molecule has 0 fully saturated rings. The van der Waals surface area contributed by atoms with Crippen LogP contribution in [0.15, 0.2) is 48.7 Å². The highest BCUT2D eigenvalue weighted by molar-refractivity contribution is 5.86. The molecule has 3 N–H and O–H groups in total. The van der Waals surface area contributed by atoms with E-state index in [1.807, 2.05) is 0 Å². The molecule has 0 aliphatic rings. The first kappa shape index (κ1) is 15.0. The van der Waals surface area contributed by atoms with Crippen molar-refractivity contribution in [2.24, 2.45) is 11.7 Å². The lowest BCUT2D eigenvalue weighted by Crippen LogP contribution is -2.00. The summed E-state index contributed by atoms with van der Waals surface area (Å²) in [6.07, 6.45) is 2.86. The number of hydrogen-bond donors (Lipinski definition) is 2. The number of fused-ring (bicyclic) bond motifs is 1. The Kier molecular flexibility index (Phi) is 5.80. The van der Waals surface area contributed by atoms with Crippen LogP contribution in [-0.4, -0.2) is 6.72 Å². The van der Waals surface area contributed by atoms with Crippen LogP contribution in [0.2, 0.25) is 0 Å². The molecule has 2 heteroatoms. The molecule has 100 valence electrons. The first-order valence-corrected chi connectivity index (χ1v) is 6.52. The van der Waals surface area contributed by atoms with E-state index in [4.69, 9.17) is 11.1 Å². The van der Waals surface area contributed by atoms with Gasteiger partial charge >= 0.3 is 0 Å². The third-order valence-corrected chi connectivity index (χ3v) is 3.41. The van der Waals surface area contributed by atoms with E-state index in [0.717, 1.165) is 6.42 Å². The van der Waals surface area contributed by atoms with Crippen LogP contribution in [0.25, 0.3) is 16.3 Å². The van der Waals surface area contributed by atoms with Gasteiger partial charge in [0.1, 0.15) is 0 Å². The summed E-state index contributed by atoms with van der Waals surface area (Å²) in [6, 6.07) is 15.0. The number of allylic oxidation sites excluding steroid dienone is 1. The third-order valence-electron chi connectivity index (χ3n) is 3.41. The fraction of sp³-hybridized carbons (Fsp3) is 0.235. The van der Waals surface area contributed by atoms with Gasteiger partial charge in [0.2, 0.25) is 0 Å². The molecule has 19 heavy (non-hydrogen) atoms. The molecule has 0 bridgehead atoms. The Labute approximate surface area is 115 Å². The number of nitrogens with two attached hydrogens (primary N) is 1. The summed E-state index contributed by atoms with van der Waals surface area (Å²) in [5.41, 5.74) is 8.23. The largest absolute Gasteiger partial charge is 0.404 e. The highest BCUT2D eigenvalue weighted by Crippen LogP contribution is 2.27. The van der Waals surface area contributed by atoms with Crippen molar-refractivity contribution in [1.82, 2.24) is 0 Å². The van der Waals surface area contributed by atoms with Gasteiger partial charge in [0.15, 0.2) is 0 Å². The SMILES string of the molecule is C=N.CCC(C)/C(=C\N)c1ccc2ccccc2c1. The van der Waals surface area contributed by atoms with Gasteiger partial charge in [0.05, 0.1) is 0 Å². The van der Waals surface area contributed by atoms with E-state index < -0.39 is 0 Å². The summed E-state index contributed by atoms with van der Waals surface area (Å²) in [7, 11) is 0. The molecule has 0 aliphatic carbocycles. The van der Waals surface area contributed by atoms with Gasteiger partial charge < -0.3 is 11.1 Å². The summed E-state index contributed by atoms with van der Waals surface area (Å²) in [4.78, 5) is 0. The van der Waals surface area contributed by atoms with Gasteiger partial charge in [-0.15, -0.1) is 0 Å². The normalized spacial score (nSPS) is 12.6. The first-order valence-electron chi connectivity index (χ1n) is 6.52. The second-order valence-electron chi connectivity index (χ2n) is 4.49. The minimum absolute atomic E-state index is 0.501. The van der Waals surface area contributed by atoms with E-state index in [0.29, 0.717) is 5.92 Å². The van der Waals surface area contributed by atoms with Crippen LogP contribution in [-0.2, 0) is 0 Å². The molecule has 1 atom stereocenters. The van der Waals surface area contributed by atoms with Gasteiger partial charge in [0, 0.05) is 0 Å². The van der Waals surface area contributed by atoms with Crippen LogP contribution >= 0.6 is 0 Å². The smallest absolute Gasteiger partial charge is 0.00209 e. The average Bonchev–Trinajstić information content (AvgIpc) is 2.49. The third kappa shape index (κ3) is 3.44. The number of rotatable bonds is 3. The summed E-state index contributed by atoms with van der Waals surface area (Å²) < 4.78 is 0. The maximum absolute atomic E-state index is 5.76. The van der Waals surface area contributed by atoms with Crippen molar-refractivity contribution in [3.05, 3.63) is 54.2 Å². The van der Waals surface area contributed by atoms with Crippen molar-refractivity contribution < 1.29 is 0 Å². The molecular formula is C17H22N2. The lowest BCUT2D eigenvalue weighted by atomic mass is 9.91. The standard InChI is InChI=1S/C16H19N.CH3N/c1-3-12(2)16(11-17)15-9-8-13-6-4-5-7-14(13)10-15;1-2/h4-12H,3,17H2,1-2H3;2H,1H2/b16-11+;. The summed E-state index contributed by atoms with van der Waals surface area (Å²) in [6.45, 7) is 6.91. The quantitative estimate of drug-likeness (QED) is 0.781. The Bertz CT molecular complexity index is 558. The Hall–Kier alpha value is -2.09. The minimum atomic E-state index is 0.501. The Morgan fingerprint density at radius 1 is 1.21 bits per heavy atom. The molecule has 0 saturated heterocycles. The molecule has 2 rings (SSSR count). The van der Waals surface area contributed by atoms with Crippen LogP contribution in [0, 0.1) is 11.3 Å². The molecular weight excluding hydrogens is 232 g/mol. The topological polar surface area (TPSA) is 49.9 Å².